The summed E-state index contributed by atoms with van der Waals surface area (Å²) >= 11 is 0. The number of allylic oxidation sites excluding steroid dienone is 1. The summed E-state index contributed by atoms with van der Waals surface area (Å²) in [5.74, 6) is 0.587. The zero-order valence-corrected chi connectivity index (χ0v) is 6.83. The van der Waals surface area contributed by atoms with Crippen molar-refractivity contribution in [2.45, 2.75) is 20.3 Å². The summed E-state index contributed by atoms with van der Waals surface area (Å²) in [5.41, 5.74) is 6.70. The van der Waals surface area contributed by atoms with Crippen LogP contribution in [-0.4, -0.2) is 6.03 Å². The maximum atomic E-state index is 10.0. The molecule has 0 rings (SSSR count). The van der Waals surface area contributed by atoms with Crippen LogP contribution >= 0.6 is 0 Å². The van der Waals surface area contributed by atoms with Crippen LogP contribution in [0.25, 0.3) is 0 Å². The highest BCUT2D eigenvalue weighted by Crippen LogP contribution is 1.98. The van der Waals surface area contributed by atoms with Crippen molar-refractivity contribution < 1.29 is 9.63 Å². The zero-order valence-electron chi connectivity index (χ0n) is 6.83. The van der Waals surface area contributed by atoms with Crippen LogP contribution in [0.4, 0.5) is 4.79 Å². The van der Waals surface area contributed by atoms with Gasteiger partial charge >= 0.3 is 6.03 Å². The second-order valence-electron chi connectivity index (χ2n) is 2.59. The fraction of sp³-hybridized carbons (Fsp3) is 0.571. The molecule has 0 radical (unpaired) electrons. The maximum Gasteiger partial charge on any atom is 0.345 e. The standard InChI is InChI=1S/C7H14N2O2/c1-6(2)4-3-5-11-9-7(8)10/h3,5-6H,4H2,1-2H3,(H3,8,9,10). The van der Waals surface area contributed by atoms with Gasteiger partial charge < -0.3 is 10.6 Å². The zero-order chi connectivity index (χ0) is 8.69. The molecule has 64 valence electrons. The van der Waals surface area contributed by atoms with E-state index >= 15 is 0 Å². The van der Waals surface area contributed by atoms with Crippen molar-refractivity contribution in [2.24, 2.45) is 11.7 Å². The Balaban J connectivity index is 3.23. The van der Waals surface area contributed by atoms with Gasteiger partial charge in [0.05, 0.1) is 0 Å². The van der Waals surface area contributed by atoms with Crippen molar-refractivity contribution in [3.63, 3.8) is 0 Å². The molecule has 0 spiro atoms. The second kappa shape index (κ2) is 5.58. The van der Waals surface area contributed by atoms with E-state index in [9.17, 15) is 4.79 Å². The Labute approximate surface area is 66.4 Å². The SMILES string of the molecule is CC(C)CC=CONC(N)=O. The number of amides is 2. The minimum absolute atomic E-state index is 0.587. The average molecular weight is 158 g/mol. The molecule has 0 aliphatic rings. The van der Waals surface area contributed by atoms with E-state index in [1.165, 1.54) is 6.26 Å². The highest BCUT2D eigenvalue weighted by Gasteiger charge is 1.88. The lowest BCUT2D eigenvalue weighted by atomic mass is 10.1. The van der Waals surface area contributed by atoms with E-state index < -0.39 is 6.03 Å². The Morgan fingerprint density at radius 2 is 2.36 bits per heavy atom. The minimum Gasteiger partial charge on any atom is -0.386 e. The summed E-state index contributed by atoms with van der Waals surface area (Å²) in [6.45, 7) is 4.18. The van der Waals surface area contributed by atoms with Crippen LogP contribution < -0.4 is 11.2 Å². The third-order valence-corrected chi connectivity index (χ3v) is 0.931. The lowest BCUT2D eigenvalue weighted by Crippen LogP contribution is -2.27. The lowest BCUT2D eigenvalue weighted by molar-refractivity contribution is 0.146. The van der Waals surface area contributed by atoms with Gasteiger partial charge in [0.15, 0.2) is 0 Å². The summed E-state index contributed by atoms with van der Waals surface area (Å²) in [6, 6.07) is -0.695. The Hall–Kier alpha value is -1.19. The van der Waals surface area contributed by atoms with Gasteiger partial charge in [-0.25, -0.2) is 4.79 Å². The topological polar surface area (TPSA) is 64.3 Å². The lowest BCUT2D eigenvalue weighted by Gasteiger charge is -1.98. The first-order valence-corrected chi connectivity index (χ1v) is 3.49. The summed E-state index contributed by atoms with van der Waals surface area (Å²) in [4.78, 5) is 14.6. The first-order valence-electron chi connectivity index (χ1n) is 3.49. The monoisotopic (exact) mass is 158 g/mol. The second-order valence-corrected chi connectivity index (χ2v) is 2.59. The molecule has 3 N–H and O–H groups in total. The van der Waals surface area contributed by atoms with E-state index in [0.29, 0.717) is 5.92 Å². The van der Waals surface area contributed by atoms with Crippen LogP contribution in [0, 0.1) is 5.92 Å². The van der Waals surface area contributed by atoms with Crippen LogP contribution in [0.15, 0.2) is 12.3 Å². The molecule has 4 nitrogen and oxygen atoms in total. The van der Waals surface area contributed by atoms with Gasteiger partial charge in [0.1, 0.15) is 6.26 Å². The molecule has 0 aromatic rings. The highest BCUT2D eigenvalue weighted by atomic mass is 16.6. The number of nitrogens with two attached hydrogens (primary N) is 1. The molecular formula is C7H14N2O2. The summed E-state index contributed by atoms with van der Waals surface area (Å²) < 4.78 is 0. The molecule has 0 saturated carbocycles. The molecule has 0 aromatic carbocycles. The summed E-state index contributed by atoms with van der Waals surface area (Å²) in [5, 5.41) is 0. The number of hydrogen-bond acceptors (Lipinski definition) is 2. The van der Waals surface area contributed by atoms with E-state index in [1.54, 1.807) is 0 Å². The van der Waals surface area contributed by atoms with Gasteiger partial charge in [-0.1, -0.05) is 13.8 Å². The molecule has 0 saturated heterocycles. The predicted octanol–water partition coefficient (Wildman–Crippen LogP) is 1.15. The number of rotatable bonds is 4. The molecule has 0 fully saturated rings. The normalized spacial score (nSPS) is 10.5. The minimum atomic E-state index is -0.695. The highest BCUT2D eigenvalue weighted by molar-refractivity contribution is 5.70. The number of nitrogens with one attached hydrogen (secondary N) is 1. The molecule has 2 amide bonds. The van der Waals surface area contributed by atoms with Gasteiger partial charge in [-0.3, -0.25) is 0 Å². The average Bonchev–Trinajstić information content (AvgIpc) is 1.85. The summed E-state index contributed by atoms with van der Waals surface area (Å²) in [6.07, 6.45) is 4.14. The third-order valence-electron chi connectivity index (χ3n) is 0.931. The number of urea groups is 1. The van der Waals surface area contributed by atoms with E-state index in [4.69, 9.17) is 5.73 Å². The van der Waals surface area contributed by atoms with Crippen molar-refractivity contribution in [3.05, 3.63) is 12.3 Å². The van der Waals surface area contributed by atoms with Crippen LogP contribution in [0.3, 0.4) is 0 Å². The Kier molecular flexibility index (Phi) is 4.98. The molecule has 0 aliphatic carbocycles. The largest absolute Gasteiger partial charge is 0.386 e. The molecule has 0 unspecified atom stereocenters. The van der Waals surface area contributed by atoms with Gasteiger partial charge in [-0.15, -0.1) is 0 Å². The van der Waals surface area contributed by atoms with E-state index in [-0.39, 0.29) is 0 Å². The van der Waals surface area contributed by atoms with Crippen molar-refractivity contribution in [1.82, 2.24) is 5.48 Å². The van der Waals surface area contributed by atoms with Crippen LogP contribution in [0.2, 0.25) is 0 Å². The van der Waals surface area contributed by atoms with Gasteiger partial charge in [0.2, 0.25) is 0 Å². The van der Waals surface area contributed by atoms with Crippen LogP contribution in [-0.2, 0) is 4.84 Å². The fourth-order valence-corrected chi connectivity index (χ4v) is 0.468. The number of hydroxylamine groups is 1. The summed E-state index contributed by atoms with van der Waals surface area (Å²) in [7, 11) is 0. The van der Waals surface area contributed by atoms with Crippen molar-refractivity contribution >= 4 is 6.03 Å². The molecule has 0 atom stereocenters. The van der Waals surface area contributed by atoms with Crippen LogP contribution in [0.1, 0.15) is 20.3 Å². The van der Waals surface area contributed by atoms with E-state index in [2.05, 4.69) is 18.7 Å². The van der Waals surface area contributed by atoms with Crippen molar-refractivity contribution in [2.75, 3.05) is 0 Å². The van der Waals surface area contributed by atoms with Crippen molar-refractivity contribution in [1.29, 1.82) is 0 Å². The molecule has 0 aromatic heterocycles. The Bertz CT molecular complexity index is 143. The quantitative estimate of drug-likeness (QED) is 0.476. The Morgan fingerprint density at radius 3 is 2.82 bits per heavy atom. The molecule has 0 heterocycles. The van der Waals surface area contributed by atoms with Gasteiger partial charge in [-0.05, 0) is 18.4 Å². The smallest absolute Gasteiger partial charge is 0.345 e. The first-order chi connectivity index (χ1) is 5.13. The maximum absolute atomic E-state index is 10.0. The third kappa shape index (κ3) is 8.81. The Morgan fingerprint density at radius 1 is 1.73 bits per heavy atom. The molecule has 0 bridgehead atoms. The number of primary amides is 1. The van der Waals surface area contributed by atoms with E-state index in [1.807, 2.05) is 11.6 Å². The molecule has 4 heteroatoms. The number of carbonyl (C=O) groups excluding carboxylic acids is 1. The number of hydrogen-bond donors (Lipinski definition) is 2. The van der Waals surface area contributed by atoms with Gasteiger partial charge in [0, 0.05) is 0 Å². The molecule has 0 aliphatic heterocycles. The van der Waals surface area contributed by atoms with Crippen LogP contribution in [0.5, 0.6) is 0 Å². The molecular weight excluding hydrogens is 144 g/mol. The number of carbonyl (C=O) groups is 1. The van der Waals surface area contributed by atoms with E-state index in [0.717, 1.165) is 6.42 Å². The first kappa shape index (κ1) is 9.81. The molecule has 11 heavy (non-hydrogen) atoms. The van der Waals surface area contributed by atoms with Crippen molar-refractivity contribution in [3.8, 4) is 0 Å². The van der Waals surface area contributed by atoms with Gasteiger partial charge in [0.25, 0.3) is 0 Å². The fourth-order valence-electron chi connectivity index (χ4n) is 0.468. The predicted molar refractivity (Wildman–Crippen MR) is 42.4 cm³/mol. The van der Waals surface area contributed by atoms with Gasteiger partial charge in [-0.2, -0.15) is 5.48 Å².